The minimum Gasteiger partial charge on any atom is -0.486 e. The number of aryl methyl sites for hydroxylation is 1. The molecule has 1 aliphatic rings. The lowest BCUT2D eigenvalue weighted by Gasteiger charge is -2.29. The van der Waals surface area contributed by atoms with E-state index in [2.05, 4.69) is 34.2 Å². The van der Waals surface area contributed by atoms with Crippen molar-refractivity contribution in [2.75, 3.05) is 25.1 Å². The first-order chi connectivity index (χ1) is 12.1. The average Bonchev–Trinajstić information content (AvgIpc) is 3.20. The van der Waals surface area contributed by atoms with Gasteiger partial charge in [-0.25, -0.2) is 0 Å². The van der Waals surface area contributed by atoms with Gasteiger partial charge in [0.05, 0.1) is 11.4 Å². The van der Waals surface area contributed by atoms with Gasteiger partial charge in [-0.15, -0.1) is 21.5 Å². The lowest BCUT2D eigenvalue weighted by Crippen LogP contribution is -2.40. The van der Waals surface area contributed by atoms with Gasteiger partial charge in [-0.3, -0.25) is 4.57 Å². The molecule has 0 N–H and O–H groups in total. The smallest absolute Gasteiger partial charge is 0.227 e. The molecule has 6 nitrogen and oxygen atoms in total. The van der Waals surface area contributed by atoms with Crippen LogP contribution in [0.5, 0.6) is 11.5 Å². The van der Waals surface area contributed by atoms with Crippen molar-refractivity contribution >= 4 is 17.3 Å². The summed E-state index contributed by atoms with van der Waals surface area (Å²) in [6.07, 6.45) is -0.0518. The summed E-state index contributed by atoms with van der Waals surface area (Å²) in [6.45, 7) is 3.29. The van der Waals surface area contributed by atoms with Crippen molar-refractivity contribution in [3.63, 3.8) is 0 Å². The normalized spacial score (nSPS) is 16.0. The predicted molar refractivity (Wildman–Crippen MR) is 98.7 cm³/mol. The number of likely N-dealkylation sites (N-methyl/N-ethyl adjacent to an activating group) is 1. The van der Waals surface area contributed by atoms with Crippen molar-refractivity contribution in [1.29, 1.82) is 0 Å². The highest BCUT2D eigenvalue weighted by Crippen LogP contribution is 2.32. The van der Waals surface area contributed by atoms with Gasteiger partial charge in [-0.1, -0.05) is 12.1 Å². The van der Waals surface area contributed by atoms with E-state index >= 15 is 0 Å². The molecule has 130 valence electrons. The van der Waals surface area contributed by atoms with E-state index in [-0.39, 0.29) is 6.10 Å². The summed E-state index contributed by atoms with van der Waals surface area (Å²) in [4.78, 5) is 4.44. The average molecular weight is 356 g/mol. The quantitative estimate of drug-likeness (QED) is 0.719. The van der Waals surface area contributed by atoms with Crippen molar-refractivity contribution in [1.82, 2.24) is 14.8 Å². The Morgan fingerprint density at radius 3 is 2.76 bits per heavy atom. The predicted octanol–water partition coefficient (Wildman–Crippen LogP) is 3.13. The second kappa shape index (κ2) is 6.40. The van der Waals surface area contributed by atoms with E-state index in [4.69, 9.17) is 9.47 Å². The third-order valence-electron chi connectivity index (χ3n) is 4.20. The third-order valence-corrected chi connectivity index (χ3v) is 5.20. The maximum Gasteiger partial charge on any atom is 0.227 e. The molecule has 3 aromatic rings. The molecule has 0 spiro atoms. The molecule has 1 aliphatic heterocycles. The van der Waals surface area contributed by atoms with Gasteiger partial charge >= 0.3 is 0 Å². The maximum absolute atomic E-state index is 6.04. The Morgan fingerprint density at radius 1 is 1.20 bits per heavy atom. The van der Waals surface area contributed by atoms with Gasteiger partial charge in [0.1, 0.15) is 6.61 Å². The SMILES string of the molecule is Cc1ccc(-c2nnc(N(C)C[C@@H]3COc4ccccc4O3)n2C)s1. The van der Waals surface area contributed by atoms with Crippen LogP contribution in [0.3, 0.4) is 0 Å². The van der Waals surface area contributed by atoms with E-state index in [1.807, 2.05) is 42.9 Å². The highest BCUT2D eigenvalue weighted by molar-refractivity contribution is 7.15. The van der Waals surface area contributed by atoms with E-state index in [0.29, 0.717) is 13.2 Å². The molecule has 1 atom stereocenters. The number of fused-ring (bicyclic) bond motifs is 1. The first kappa shape index (κ1) is 16.0. The van der Waals surface area contributed by atoms with Crippen LogP contribution in [0, 0.1) is 6.92 Å². The molecule has 0 saturated heterocycles. The van der Waals surface area contributed by atoms with Gasteiger partial charge in [0.2, 0.25) is 5.95 Å². The van der Waals surface area contributed by atoms with Gasteiger partial charge in [0.25, 0.3) is 0 Å². The van der Waals surface area contributed by atoms with E-state index in [9.17, 15) is 0 Å². The second-order valence-electron chi connectivity index (χ2n) is 6.17. The Balaban J connectivity index is 1.49. The Bertz CT molecular complexity index is 889. The van der Waals surface area contributed by atoms with Gasteiger partial charge in [-0.05, 0) is 31.2 Å². The largest absolute Gasteiger partial charge is 0.486 e. The van der Waals surface area contributed by atoms with Crippen molar-refractivity contribution in [3.8, 4) is 22.2 Å². The van der Waals surface area contributed by atoms with Crippen LogP contribution < -0.4 is 14.4 Å². The van der Waals surface area contributed by atoms with Gasteiger partial charge in [0, 0.05) is 19.0 Å². The summed E-state index contributed by atoms with van der Waals surface area (Å²) < 4.78 is 13.8. The zero-order valence-corrected chi connectivity index (χ0v) is 15.3. The van der Waals surface area contributed by atoms with Crippen LogP contribution in [-0.4, -0.2) is 41.1 Å². The van der Waals surface area contributed by atoms with Crippen LogP contribution in [0.25, 0.3) is 10.7 Å². The molecule has 0 unspecified atom stereocenters. The summed E-state index contributed by atoms with van der Waals surface area (Å²) >= 11 is 1.72. The molecule has 1 aromatic carbocycles. The lowest BCUT2D eigenvalue weighted by atomic mass is 10.2. The maximum atomic E-state index is 6.04. The number of thiophene rings is 1. The molecule has 0 fully saturated rings. The second-order valence-corrected chi connectivity index (χ2v) is 7.46. The third kappa shape index (κ3) is 3.07. The molecule has 0 saturated carbocycles. The summed E-state index contributed by atoms with van der Waals surface area (Å²) in [5, 5.41) is 8.72. The van der Waals surface area contributed by atoms with Gasteiger partial charge in [-0.2, -0.15) is 0 Å². The van der Waals surface area contributed by atoms with E-state index < -0.39 is 0 Å². The molecule has 0 radical (unpaired) electrons. The molecule has 4 rings (SSSR count). The fourth-order valence-electron chi connectivity index (χ4n) is 2.96. The van der Waals surface area contributed by atoms with E-state index in [0.717, 1.165) is 28.1 Å². The molecule has 2 aromatic heterocycles. The number of nitrogens with zero attached hydrogens (tertiary/aromatic N) is 4. The molecule has 0 bridgehead atoms. The number of hydrogen-bond donors (Lipinski definition) is 0. The van der Waals surface area contributed by atoms with Crippen LogP contribution >= 0.6 is 11.3 Å². The Morgan fingerprint density at radius 2 is 2.00 bits per heavy atom. The van der Waals surface area contributed by atoms with Crippen molar-refractivity contribution in [2.45, 2.75) is 13.0 Å². The van der Waals surface area contributed by atoms with Gasteiger partial charge < -0.3 is 14.4 Å². The fourth-order valence-corrected chi connectivity index (χ4v) is 3.85. The fraction of sp³-hybridized carbons (Fsp3) is 0.333. The Kier molecular flexibility index (Phi) is 4.09. The number of benzene rings is 1. The molecular weight excluding hydrogens is 336 g/mol. The van der Waals surface area contributed by atoms with Crippen molar-refractivity contribution in [3.05, 3.63) is 41.3 Å². The molecule has 0 amide bonds. The number of aromatic nitrogens is 3. The first-order valence-corrected chi connectivity index (χ1v) is 8.99. The highest BCUT2D eigenvalue weighted by atomic mass is 32.1. The lowest BCUT2D eigenvalue weighted by molar-refractivity contribution is 0.0957. The number of rotatable bonds is 4. The number of para-hydroxylation sites is 2. The monoisotopic (exact) mass is 356 g/mol. The molecular formula is C18H20N4O2S. The van der Waals surface area contributed by atoms with Gasteiger partial charge in [0.15, 0.2) is 23.4 Å². The van der Waals surface area contributed by atoms with Crippen molar-refractivity contribution in [2.24, 2.45) is 7.05 Å². The summed E-state index contributed by atoms with van der Waals surface area (Å²) in [7, 11) is 3.99. The Hall–Kier alpha value is -2.54. The van der Waals surface area contributed by atoms with E-state index in [1.165, 1.54) is 4.88 Å². The Labute approximate surface area is 150 Å². The molecule has 0 aliphatic carbocycles. The minimum atomic E-state index is -0.0518. The zero-order chi connectivity index (χ0) is 17.4. The topological polar surface area (TPSA) is 52.4 Å². The number of ether oxygens (including phenoxy) is 2. The standard InChI is InChI=1S/C18H20N4O2S/c1-12-8-9-16(25-12)17-19-20-18(22(17)3)21(2)10-13-11-23-14-6-4-5-7-15(14)24-13/h4-9,13H,10-11H2,1-3H3/t13-/m1/s1. The first-order valence-electron chi connectivity index (χ1n) is 8.17. The minimum absolute atomic E-state index is 0.0518. The highest BCUT2D eigenvalue weighted by Gasteiger charge is 2.24. The number of hydrogen-bond acceptors (Lipinski definition) is 6. The van der Waals surface area contributed by atoms with Crippen LogP contribution in [0.15, 0.2) is 36.4 Å². The summed E-state index contributed by atoms with van der Waals surface area (Å²) in [5.41, 5.74) is 0. The number of anilines is 1. The zero-order valence-electron chi connectivity index (χ0n) is 14.5. The summed E-state index contributed by atoms with van der Waals surface area (Å²) in [6, 6.07) is 11.9. The molecule has 3 heterocycles. The van der Waals surface area contributed by atoms with Crippen LogP contribution in [-0.2, 0) is 7.05 Å². The van der Waals surface area contributed by atoms with Crippen LogP contribution in [0.2, 0.25) is 0 Å². The summed E-state index contributed by atoms with van der Waals surface area (Å²) in [5.74, 6) is 3.28. The van der Waals surface area contributed by atoms with Crippen LogP contribution in [0.1, 0.15) is 4.88 Å². The van der Waals surface area contributed by atoms with E-state index in [1.54, 1.807) is 11.3 Å². The van der Waals surface area contributed by atoms with Crippen molar-refractivity contribution < 1.29 is 9.47 Å². The molecule has 7 heteroatoms. The van der Waals surface area contributed by atoms with Crippen LogP contribution in [0.4, 0.5) is 5.95 Å². The molecule has 25 heavy (non-hydrogen) atoms.